The number of fused-ring (bicyclic) bond motifs is 4. The van der Waals surface area contributed by atoms with Crippen molar-refractivity contribution in [2.75, 3.05) is 36.5 Å². The number of nitrogens with zero attached hydrogens (tertiary/aromatic N) is 7. The van der Waals surface area contributed by atoms with Crippen molar-refractivity contribution in [3.05, 3.63) is 75.3 Å². The maximum absolute atomic E-state index is 14.3. The summed E-state index contributed by atoms with van der Waals surface area (Å²) in [6.07, 6.45) is -5.51. The lowest BCUT2D eigenvalue weighted by molar-refractivity contribution is -0.137. The van der Waals surface area contributed by atoms with Crippen LogP contribution < -0.4 is 43.9 Å². The smallest absolute Gasteiger partial charge is 0.407 e. The summed E-state index contributed by atoms with van der Waals surface area (Å²) in [5, 5.41) is 22.2. The van der Waals surface area contributed by atoms with Gasteiger partial charge in [0.05, 0.1) is 25.9 Å². The number of unbranched alkanes of at least 4 members (excludes halogenated alkanes) is 2. The standard InChI is InChI=1S/C46H57N15O18P2S2/c1-20(2)29(53-26(62)7-5-4-6-14-59-27(63)12-13-28(59)64)39(67)51-21(3)38(66)52-23-10-8-22(9-11-23)15-73-46(70)54-30-34-24(76-42(30)60-18-49-31-36(60)55-44(47)57-40(31)68)16-74-81(72,83)79-35-25(17-75-80(71,82)78-34)77-43(33(35)65)61-19-50-32-37(61)56-45(48)58-41(32)69/h8-13,18-21,24-25,29-30,33-35,42-43,65H,4-7,14-17H2,1-3H3,(H,51,67)(H,52,66)(H,53,62)(H,54,70)(H,71,82)(H,72,83)(H3,47,55,57,68)(H3,48,56,58,69)/t21-,24+,25+,29-,30?,33-,34-,35-,42+,43+,80?,81?/m0/s1. The summed E-state index contributed by atoms with van der Waals surface area (Å²) in [5.74, 6) is -3.24. The number of carbonyl (C=O) groups excluding carboxylic acids is 6. The van der Waals surface area contributed by atoms with Crippen LogP contribution in [0.3, 0.4) is 0 Å². The number of nitrogens with two attached hydrogens (primary N) is 2. The summed E-state index contributed by atoms with van der Waals surface area (Å²) < 4.78 is 71.8. The van der Waals surface area contributed by atoms with Gasteiger partial charge in [-0.05, 0) is 43.4 Å². The number of alkyl carbamates (subject to hydrolysis) is 1. The van der Waals surface area contributed by atoms with E-state index in [1.807, 2.05) is 0 Å². The van der Waals surface area contributed by atoms with Crippen LogP contribution in [-0.4, -0.2) is 153 Å². The van der Waals surface area contributed by atoms with Crippen LogP contribution in [0.15, 0.2) is 58.7 Å². The van der Waals surface area contributed by atoms with E-state index in [9.17, 15) is 52.6 Å². The number of rotatable bonds is 17. The average molecular weight is 1230 g/mol. The summed E-state index contributed by atoms with van der Waals surface area (Å²) in [6, 6.07) is 2.59. The quantitative estimate of drug-likeness (QED) is 0.0266. The number of anilines is 3. The summed E-state index contributed by atoms with van der Waals surface area (Å²) in [6.45, 7) is -5.88. The number of thiol groups is 2. The Labute approximate surface area is 479 Å². The van der Waals surface area contributed by atoms with Crippen LogP contribution in [-0.2, 0) is 72.0 Å². The molecule has 12 atom stereocenters. The van der Waals surface area contributed by atoms with Crippen LogP contribution in [0.4, 0.5) is 22.4 Å². The van der Waals surface area contributed by atoms with Gasteiger partial charge >= 0.3 is 19.7 Å². The summed E-state index contributed by atoms with van der Waals surface area (Å²) in [7, 11) is 0. The molecule has 3 saturated heterocycles. The van der Waals surface area contributed by atoms with Crippen molar-refractivity contribution in [1.82, 2.24) is 59.9 Å². The molecule has 0 aliphatic carbocycles. The van der Waals surface area contributed by atoms with Crippen molar-refractivity contribution in [3.63, 3.8) is 0 Å². The average Bonchev–Trinajstić information content (AvgIpc) is 3.74. The van der Waals surface area contributed by atoms with E-state index in [1.165, 1.54) is 52.5 Å². The second kappa shape index (κ2) is 25.0. The monoisotopic (exact) mass is 1230 g/mol. The fourth-order valence-electron chi connectivity index (χ4n) is 9.36. The largest absolute Gasteiger partial charge is 0.445 e. The molecule has 0 saturated carbocycles. The number of aliphatic hydroxyl groups is 1. The second-order valence-corrected chi connectivity index (χ2v) is 25.5. The molecule has 83 heavy (non-hydrogen) atoms. The van der Waals surface area contributed by atoms with Crippen LogP contribution in [0.5, 0.6) is 0 Å². The van der Waals surface area contributed by atoms with E-state index in [0.29, 0.717) is 30.5 Å². The van der Waals surface area contributed by atoms with E-state index in [2.05, 4.69) is 75.7 Å². The Morgan fingerprint density at radius 1 is 0.783 bits per heavy atom. The van der Waals surface area contributed by atoms with E-state index in [0.717, 1.165) is 17.6 Å². The predicted molar refractivity (Wildman–Crippen MR) is 295 cm³/mol. The topological polar surface area (TPSA) is 452 Å². The van der Waals surface area contributed by atoms with Crippen LogP contribution >= 0.6 is 38.1 Å². The van der Waals surface area contributed by atoms with Crippen molar-refractivity contribution < 1.29 is 75.3 Å². The number of carbonyl (C=O) groups is 6. The van der Waals surface area contributed by atoms with E-state index >= 15 is 0 Å². The fourth-order valence-corrected chi connectivity index (χ4v) is 12.4. The molecule has 4 aliphatic heterocycles. The Morgan fingerprint density at radius 2 is 1.34 bits per heavy atom. The maximum Gasteiger partial charge on any atom is 0.407 e. The number of hydrogen-bond acceptors (Lipinski definition) is 24. The molecule has 11 N–H and O–H groups in total. The minimum atomic E-state index is -4.64. The summed E-state index contributed by atoms with van der Waals surface area (Å²) in [5.41, 5.74) is 10.4. The molecule has 0 bridgehead atoms. The molecule has 446 valence electrons. The lowest BCUT2D eigenvalue weighted by Gasteiger charge is -2.30. The third-order valence-corrected chi connectivity index (χ3v) is 16.7. The first kappa shape index (κ1) is 60.5. The number of aromatic amines is 2. The van der Waals surface area contributed by atoms with Crippen molar-refractivity contribution >= 4 is 114 Å². The van der Waals surface area contributed by atoms with Crippen LogP contribution in [0.25, 0.3) is 22.3 Å². The molecule has 4 aromatic heterocycles. The van der Waals surface area contributed by atoms with E-state index in [1.54, 1.807) is 13.8 Å². The van der Waals surface area contributed by atoms with Gasteiger partial charge in [0.1, 0.15) is 55.3 Å². The molecule has 8 heterocycles. The molecule has 0 radical (unpaired) electrons. The summed E-state index contributed by atoms with van der Waals surface area (Å²) in [4.78, 5) is 124. The first-order chi connectivity index (χ1) is 39.3. The van der Waals surface area contributed by atoms with Gasteiger partial charge in [-0.15, -0.1) is 0 Å². The first-order valence-electron chi connectivity index (χ1n) is 25.6. The van der Waals surface area contributed by atoms with E-state index < -0.39 is 117 Å². The zero-order valence-electron chi connectivity index (χ0n) is 44.1. The lowest BCUT2D eigenvalue weighted by atomic mass is 10.0. The molecule has 4 aliphatic rings. The van der Waals surface area contributed by atoms with E-state index in [4.69, 9.17) is 43.8 Å². The Bertz CT molecular complexity index is 3560. The molecule has 5 aromatic rings. The van der Waals surface area contributed by atoms with Gasteiger partial charge < -0.3 is 52.1 Å². The number of nitrogens with one attached hydrogen (secondary N) is 6. The number of H-pyrrole nitrogens is 2. The minimum Gasteiger partial charge on any atom is -0.445 e. The van der Waals surface area contributed by atoms with Crippen molar-refractivity contribution in [2.24, 2.45) is 5.92 Å². The van der Waals surface area contributed by atoms with Gasteiger partial charge in [0.2, 0.25) is 29.6 Å². The van der Waals surface area contributed by atoms with Gasteiger partial charge in [0.15, 0.2) is 34.8 Å². The summed E-state index contributed by atoms with van der Waals surface area (Å²) >= 11 is 8.37. The number of hydrogen-bond donors (Lipinski definition) is 11. The molecular formula is C46H57N15O18P2S2. The Morgan fingerprint density at radius 3 is 1.93 bits per heavy atom. The third kappa shape index (κ3) is 14.0. The van der Waals surface area contributed by atoms with Gasteiger partial charge in [-0.1, -0.05) is 56.9 Å². The SMILES string of the molecule is CC(C)[C@H](NC(=O)CCCCCN1C(=O)C=CC1=O)C(=O)N[C@@H](C)C(=O)Nc1ccc(COC(=O)NC2[C@H]3OP(=O)(S)OC[C@H]4O[C@@H](n5cnc6c(=O)[nH]c(N)nc65)[C@@H](O)[C@H]4OP(=O)(S)OC[C@H]3O[C@H]2n2cnc3c(=O)[nH]c(N)nc32)cc1. The second-order valence-electron chi connectivity index (χ2n) is 19.8. The highest BCUT2D eigenvalue weighted by Crippen LogP contribution is 2.60. The Hall–Kier alpha value is -7.04. The molecule has 0 spiro atoms. The number of ether oxygens (including phenoxy) is 3. The molecule has 33 nitrogen and oxygen atoms in total. The third-order valence-electron chi connectivity index (χ3n) is 13.5. The minimum absolute atomic E-state index is 0.0984. The van der Waals surface area contributed by atoms with Crippen molar-refractivity contribution in [2.45, 2.75) is 114 Å². The maximum atomic E-state index is 14.3. The van der Waals surface area contributed by atoms with Gasteiger partial charge in [-0.25, -0.2) is 23.9 Å². The molecule has 9 rings (SSSR count). The van der Waals surface area contributed by atoms with Crippen molar-refractivity contribution in [3.8, 4) is 0 Å². The molecule has 3 fully saturated rings. The Kier molecular flexibility index (Phi) is 18.3. The molecule has 1 aromatic carbocycles. The van der Waals surface area contributed by atoms with E-state index in [-0.39, 0.29) is 77.4 Å². The first-order valence-corrected chi connectivity index (χ1v) is 31.0. The fraction of sp³-hybridized carbons (Fsp3) is 0.478. The lowest BCUT2D eigenvalue weighted by Crippen LogP contribution is -2.53. The zero-order chi connectivity index (χ0) is 59.7. The van der Waals surface area contributed by atoms with Crippen LogP contribution in [0, 0.1) is 5.92 Å². The normalized spacial score (nSPS) is 27.1. The van der Waals surface area contributed by atoms with Crippen LogP contribution in [0.2, 0.25) is 0 Å². The highest BCUT2D eigenvalue weighted by molar-refractivity contribution is 8.44. The van der Waals surface area contributed by atoms with Gasteiger partial charge in [0, 0.05) is 30.8 Å². The number of imidazole rings is 2. The highest BCUT2D eigenvalue weighted by atomic mass is 32.7. The molecule has 3 unspecified atom stereocenters. The number of benzene rings is 1. The van der Waals surface area contributed by atoms with Gasteiger partial charge in [0.25, 0.3) is 22.9 Å². The van der Waals surface area contributed by atoms with Crippen molar-refractivity contribution in [1.29, 1.82) is 0 Å². The highest BCUT2D eigenvalue weighted by Gasteiger charge is 2.54. The van der Waals surface area contributed by atoms with Gasteiger partial charge in [-0.2, -0.15) is 9.97 Å². The zero-order valence-corrected chi connectivity index (χ0v) is 47.7. The van der Waals surface area contributed by atoms with Gasteiger partial charge in [-0.3, -0.25) is 75.7 Å². The predicted octanol–water partition coefficient (Wildman–Crippen LogP) is 0.830. The molecule has 37 heteroatoms. The number of aromatic nitrogens is 8. The number of aliphatic hydroxyl groups excluding tert-OH is 1. The van der Waals surface area contributed by atoms with Crippen LogP contribution in [0.1, 0.15) is 64.5 Å². The molecule has 6 amide bonds. The number of nitrogen functional groups attached to an aromatic ring is 2. The Balaban J connectivity index is 0.835. The number of amides is 6. The number of imide groups is 1. The molecular weight excluding hydrogens is 1180 g/mol.